The van der Waals surface area contributed by atoms with Crippen LogP contribution in [0.15, 0.2) is 54.7 Å². The van der Waals surface area contributed by atoms with Crippen LogP contribution in [0.4, 0.5) is 4.39 Å². The van der Waals surface area contributed by atoms with E-state index in [9.17, 15) is 9.18 Å². The number of ether oxygens (including phenoxy) is 2. The molecule has 1 amide bonds. The standard InChI is InChI=1S/C25H25FN2O3/c1-16-7-8-18(11-22(16)26)13-27-24(29)21-12-19(20-5-3-4-6-23(20)30-2)14-28-25(21)31-15-17-9-10-17/h3-8,11-12,14,17H,9-10,13,15H2,1-2H3,(H,27,29). The maximum atomic E-state index is 13.8. The highest BCUT2D eigenvalue weighted by molar-refractivity contribution is 5.97. The summed E-state index contributed by atoms with van der Waals surface area (Å²) in [5.74, 6) is 0.911. The van der Waals surface area contributed by atoms with Crippen LogP contribution in [0.1, 0.15) is 34.3 Å². The van der Waals surface area contributed by atoms with Crippen LogP contribution in [0.3, 0.4) is 0 Å². The van der Waals surface area contributed by atoms with E-state index in [1.165, 1.54) is 6.07 Å². The Labute approximate surface area is 181 Å². The van der Waals surface area contributed by atoms with Gasteiger partial charge in [0.15, 0.2) is 0 Å². The molecule has 1 N–H and O–H groups in total. The number of halogens is 1. The van der Waals surface area contributed by atoms with Crippen molar-refractivity contribution in [2.45, 2.75) is 26.3 Å². The number of aromatic nitrogens is 1. The lowest BCUT2D eigenvalue weighted by Crippen LogP contribution is -2.24. The molecule has 1 saturated carbocycles. The number of nitrogens with one attached hydrogen (secondary N) is 1. The fourth-order valence-electron chi connectivity index (χ4n) is 3.27. The third-order valence-corrected chi connectivity index (χ3v) is 5.36. The van der Waals surface area contributed by atoms with E-state index in [4.69, 9.17) is 9.47 Å². The number of para-hydroxylation sites is 1. The van der Waals surface area contributed by atoms with Crippen LogP contribution in [-0.2, 0) is 6.54 Å². The third kappa shape index (κ3) is 5.02. The molecule has 1 fully saturated rings. The van der Waals surface area contributed by atoms with Gasteiger partial charge in [-0.2, -0.15) is 0 Å². The molecule has 0 bridgehead atoms. The summed E-state index contributed by atoms with van der Waals surface area (Å²) in [6.07, 6.45) is 3.96. The zero-order valence-electron chi connectivity index (χ0n) is 17.7. The highest BCUT2D eigenvalue weighted by Gasteiger charge is 2.24. The average Bonchev–Trinajstić information content (AvgIpc) is 3.62. The SMILES string of the molecule is COc1ccccc1-c1cnc(OCC2CC2)c(C(=O)NCc2ccc(C)c(F)c2)c1. The first-order valence-electron chi connectivity index (χ1n) is 10.3. The van der Waals surface area contributed by atoms with E-state index in [2.05, 4.69) is 10.3 Å². The maximum absolute atomic E-state index is 13.8. The smallest absolute Gasteiger partial charge is 0.257 e. The lowest BCUT2D eigenvalue weighted by molar-refractivity contribution is 0.0945. The minimum absolute atomic E-state index is 0.205. The van der Waals surface area contributed by atoms with Gasteiger partial charge in [0, 0.05) is 23.9 Å². The second kappa shape index (κ2) is 9.16. The zero-order chi connectivity index (χ0) is 21.8. The first-order valence-corrected chi connectivity index (χ1v) is 10.3. The Morgan fingerprint density at radius 1 is 1.19 bits per heavy atom. The molecule has 1 heterocycles. The van der Waals surface area contributed by atoms with Gasteiger partial charge in [-0.05, 0) is 55.0 Å². The van der Waals surface area contributed by atoms with Gasteiger partial charge in [0.2, 0.25) is 5.88 Å². The summed E-state index contributed by atoms with van der Waals surface area (Å²) in [5.41, 5.74) is 3.19. The first kappa shape index (κ1) is 20.8. The molecule has 1 aliphatic rings. The number of carbonyl (C=O) groups excluding carboxylic acids is 1. The van der Waals surface area contributed by atoms with E-state index in [1.807, 2.05) is 24.3 Å². The summed E-state index contributed by atoms with van der Waals surface area (Å²) < 4.78 is 25.1. The Morgan fingerprint density at radius 2 is 2.00 bits per heavy atom. The molecule has 6 heteroatoms. The fourth-order valence-corrected chi connectivity index (χ4v) is 3.27. The number of rotatable bonds is 8. The summed E-state index contributed by atoms with van der Waals surface area (Å²) in [4.78, 5) is 17.5. The van der Waals surface area contributed by atoms with Crippen molar-refractivity contribution in [1.82, 2.24) is 10.3 Å². The van der Waals surface area contributed by atoms with Gasteiger partial charge in [-0.3, -0.25) is 4.79 Å². The highest BCUT2D eigenvalue weighted by Crippen LogP contribution is 2.33. The summed E-state index contributed by atoms with van der Waals surface area (Å²) >= 11 is 0. The number of hydrogen-bond acceptors (Lipinski definition) is 4. The number of benzene rings is 2. The number of hydrogen-bond donors (Lipinski definition) is 1. The molecule has 3 aromatic rings. The molecule has 2 aromatic carbocycles. The third-order valence-electron chi connectivity index (χ3n) is 5.36. The lowest BCUT2D eigenvalue weighted by Gasteiger charge is -2.14. The second-order valence-electron chi connectivity index (χ2n) is 7.80. The van der Waals surface area contributed by atoms with Crippen molar-refractivity contribution in [3.05, 3.63) is 77.2 Å². The Balaban J connectivity index is 1.60. The Hall–Kier alpha value is -3.41. The number of aryl methyl sites for hydroxylation is 1. The molecular formula is C25H25FN2O3. The number of carbonyl (C=O) groups is 1. The monoisotopic (exact) mass is 420 g/mol. The quantitative estimate of drug-likeness (QED) is 0.562. The van der Waals surface area contributed by atoms with Crippen LogP contribution in [-0.4, -0.2) is 24.6 Å². The summed E-state index contributed by atoms with van der Waals surface area (Å²) in [7, 11) is 1.60. The van der Waals surface area contributed by atoms with E-state index in [0.29, 0.717) is 40.8 Å². The number of pyridine rings is 1. The van der Waals surface area contributed by atoms with Crippen molar-refractivity contribution < 1.29 is 18.7 Å². The Morgan fingerprint density at radius 3 is 2.74 bits per heavy atom. The van der Waals surface area contributed by atoms with Crippen molar-refractivity contribution in [3.63, 3.8) is 0 Å². The number of amides is 1. The van der Waals surface area contributed by atoms with Crippen LogP contribution < -0.4 is 14.8 Å². The van der Waals surface area contributed by atoms with Gasteiger partial charge in [-0.25, -0.2) is 9.37 Å². The van der Waals surface area contributed by atoms with Crippen molar-refractivity contribution in [3.8, 4) is 22.8 Å². The largest absolute Gasteiger partial charge is 0.496 e. The molecule has 0 saturated heterocycles. The fraction of sp³-hybridized carbons (Fsp3) is 0.280. The summed E-state index contributed by atoms with van der Waals surface area (Å²) in [6.45, 7) is 2.46. The molecule has 31 heavy (non-hydrogen) atoms. The van der Waals surface area contributed by atoms with E-state index in [1.54, 1.807) is 38.4 Å². The molecule has 0 aliphatic heterocycles. The lowest BCUT2D eigenvalue weighted by atomic mass is 10.0. The second-order valence-corrected chi connectivity index (χ2v) is 7.80. The summed E-state index contributed by atoms with van der Waals surface area (Å²) in [5, 5.41) is 2.86. The predicted molar refractivity (Wildman–Crippen MR) is 117 cm³/mol. The van der Waals surface area contributed by atoms with Gasteiger partial charge >= 0.3 is 0 Å². The van der Waals surface area contributed by atoms with Gasteiger partial charge in [-0.1, -0.05) is 30.3 Å². The van der Waals surface area contributed by atoms with E-state index in [-0.39, 0.29) is 18.3 Å². The number of nitrogens with zero attached hydrogens (tertiary/aromatic N) is 1. The van der Waals surface area contributed by atoms with E-state index >= 15 is 0 Å². The minimum atomic E-state index is -0.323. The first-order chi connectivity index (χ1) is 15.0. The molecule has 5 nitrogen and oxygen atoms in total. The van der Waals surface area contributed by atoms with Gasteiger partial charge < -0.3 is 14.8 Å². The molecule has 4 rings (SSSR count). The van der Waals surface area contributed by atoms with E-state index < -0.39 is 0 Å². The van der Waals surface area contributed by atoms with Crippen molar-refractivity contribution in [1.29, 1.82) is 0 Å². The molecule has 1 aromatic heterocycles. The van der Waals surface area contributed by atoms with Crippen molar-refractivity contribution >= 4 is 5.91 Å². The van der Waals surface area contributed by atoms with Crippen molar-refractivity contribution in [2.24, 2.45) is 5.92 Å². The van der Waals surface area contributed by atoms with Gasteiger partial charge in [0.1, 0.15) is 17.1 Å². The van der Waals surface area contributed by atoms with Crippen LogP contribution in [0.25, 0.3) is 11.1 Å². The van der Waals surface area contributed by atoms with Crippen LogP contribution in [0, 0.1) is 18.7 Å². The van der Waals surface area contributed by atoms with Crippen LogP contribution >= 0.6 is 0 Å². The molecule has 0 radical (unpaired) electrons. The maximum Gasteiger partial charge on any atom is 0.257 e. The van der Waals surface area contributed by atoms with Gasteiger partial charge in [0.25, 0.3) is 5.91 Å². The summed E-state index contributed by atoms with van der Waals surface area (Å²) in [6, 6.07) is 14.3. The predicted octanol–water partition coefficient (Wildman–Crippen LogP) is 4.92. The minimum Gasteiger partial charge on any atom is -0.496 e. The molecular weight excluding hydrogens is 395 g/mol. The zero-order valence-corrected chi connectivity index (χ0v) is 17.7. The Bertz CT molecular complexity index is 1100. The molecule has 0 atom stereocenters. The van der Waals surface area contributed by atoms with Crippen LogP contribution in [0.2, 0.25) is 0 Å². The average molecular weight is 420 g/mol. The van der Waals surface area contributed by atoms with Gasteiger partial charge in [-0.15, -0.1) is 0 Å². The molecule has 1 aliphatic carbocycles. The molecule has 160 valence electrons. The molecule has 0 spiro atoms. The normalized spacial score (nSPS) is 13.0. The number of methoxy groups -OCH3 is 1. The van der Waals surface area contributed by atoms with Crippen molar-refractivity contribution in [2.75, 3.05) is 13.7 Å². The molecule has 0 unspecified atom stereocenters. The topological polar surface area (TPSA) is 60.5 Å². The van der Waals surface area contributed by atoms with Gasteiger partial charge in [0.05, 0.1) is 13.7 Å². The van der Waals surface area contributed by atoms with Crippen LogP contribution in [0.5, 0.6) is 11.6 Å². The Kier molecular flexibility index (Phi) is 6.16. The highest BCUT2D eigenvalue weighted by atomic mass is 19.1. The van der Waals surface area contributed by atoms with E-state index in [0.717, 1.165) is 24.0 Å².